The Labute approximate surface area is 36.9 Å². The van der Waals surface area contributed by atoms with Gasteiger partial charge in [0.1, 0.15) is 0 Å². The summed E-state index contributed by atoms with van der Waals surface area (Å²) in [4.78, 5) is 0. The fraction of sp³-hybridized carbons (Fsp3) is 0. The van der Waals surface area contributed by atoms with E-state index in [-0.39, 0.29) is 0 Å². The molecule has 1 heterocycles. The molecule has 1 nitrogen and oxygen atoms in total. The second-order valence-electron chi connectivity index (χ2n) is 0.854. The molecule has 1 heteroatoms. The molecule has 0 N–H and O–H groups in total. The normalized spacial score (nSPS) is 17.3. The van der Waals surface area contributed by atoms with Crippen LogP contribution in [0.4, 0.5) is 0 Å². The number of allylic oxidation sites excluding steroid dienone is 2. The fourth-order valence-electron chi connectivity index (χ4n) is 0.229. The minimum Gasteiger partial charge on any atom is -0.481 e. The van der Waals surface area contributed by atoms with Crippen molar-refractivity contribution in [2.24, 2.45) is 0 Å². The Morgan fingerprint density at radius 3 is 2.50 bits per heavy atom. The maximum absolute atomic E-state index is 4.50. The van der Waals surface area contributed by atoms with Crippen molar-refractivity contribution in [1.29, 1.82) is 0 Å². The molecule has 0 saturated heterocycles. The first-order valence-electron chi connectivity index (χ1n) is 1.64. The number of ether oxygens (including phenoxy) is 1. The molecule has 3 radical (unpaired) electrons. The Bertz CT molecular complexity index is 69.9. The largest absolute Gasteiger partial charge is 0.481 e. The van der Waals surface area contributed by atoms with Crippen LogP contribution in [0, 0.1) is 12.7 Å². The lowest BCUT2D eigenvalue weighted by Crippen LogP contribution is -1.75. The SMILES string of the molecule is [C]1C=C[C]=CO1. The highest BCUT2D eigenvalue weighted by Gasteiger charge is 1.79. The van der Waals surface area contributed by atoms with Crippen molar-refractivity contribution in [3.05, 3.63) is 31.1 Å². The Kier molecular flexibility index (Phi) is 0.955. The van der Waals surface area contributed by atoms with Gasteiger partial charge in [-0.05, 0) is 6.08 Å². The molecule has 0 spiro atoms. The van der Waals surface area contributed by atoms with Gasteiger partial charge in [0.05, 0.1) is 6.26 Å². The summed E-state index contributed by atoms with van der Waals surface area (Å²) in [6.07, 6.45) is 7.52. The van der Waals surface area contributed by atoms with Crippen LogP contribution >= 0.6 is 0 Å². The van der Waals surface area contributed by atoms with Crippen LogP contribution in [0.2, 0.25) is 0 Å². The van der Waals surface area contributed by atoms with Gasteiger partial charge < -0.3 is 4.74 Å². The molecule has 1 aliphatic rings. The smallest absolute Gasteiger partial charge is 0.221 e. The quantitative estimate of drug-likeness (QED) is 0.419. The molecule has 29 valence electrons. The van der Waals surface area contributed by atoms with Crippen LogP contribution in [-0.2, 0) is 4.74 Å². The fourth-order valence-corrected chi connectivity index (χ4v) is 0.229. The molecular weight excluding hydrogens is 76.1 g/mol. The predicted molar refractivity (Wildman–Crippen MR) is 21.3 cm³/mol. The molecule has 1 rings (SSSR count). The number of hydrogen-bond acceptors (Lipinski definition) is 1. The van der Waals surface area contributed by atoms with E-state index in [1.807, 2.05) is 0 Å². The van der Waals surface area contributed by atoms with Crippen LogP contribution in [-0.4, -0.2) is 0 Å². The molecule has 0 aromatic rings. The van der Waals surface area contributed by atoms with E-state index in [0.717, 1.165) is 0 Å². The second-order valence-corrected chi connectivity index (χ2v) is 0.854. The van der Waals surface area contributed by atoms with E-state index in [1.54, 1.807) is 12.2 Å². The topological polar surface area (TPSA) is 9.23 Å². The van der Waals surface area contributed by atoms with Gasteiger partial charge in [0.2, 0.25) is 6.61 Å². The van der Waals surface area contributed by atoms with Crippen molar-refractivity contribution in [3.8, 4) is 0 Å². The summed E-state index contributed by atoms with van der Waals surface area (Å²) >= 11 is 0. The molecule has 0 amide bonds. The average Bonchev–Trinajstić information content (AvgIpc) is 1.72. The van der Waals surface area contributed by atoms with E-state index >= 15 is 0 Å². The highest BCUT2D eigenvalue weighted by molar-refractivity contribution is 5.01. The van der Waals surface area contributed by atoms with Gasteiger partial charge in [-0.15, -0.1) is 0 Å². The summed E-state index contributed by atoms with van der Waals surface area (Å²) in [6.45, 7) is 2.49. The molecule has 0 saturated carbocycles. The lowest BCUT2D eigenvalue weighted by molar-refractivity contribution is 0.352. The molecular formula is C5H3O. The van der Waals surface area contributed by atoms with E-state index in [0.29, 0.717) is 0 Å². The van der Waals surface area contributed by atoms with Gasteiger partial charge in [-0.2, -0.15) is 0 Å². The van der Waals surface area contributed by atoms with Crippen molar-refractivity contribution in [3.63, 3.8) is 0 Å². The monoisotopic (exact) mass is 79.0 g/mol. The Morgan fingerprint density at radius 2 is 2.33 bits per heavy atom. The summed E-state index contributed by atoms with van der Waals surface area (Å²) in [5.74, 6) is 0. The average molecular weight is 79.1 g/mol. The summed E-state index contributed by atoms with van der Waals surface area (Å²) in [5.41, 5.74) is 0. The zero-order chi connectivity index (χ0) is 4.24. The van der Waals surface area contributed by atoms with Crippen molar-refractivity contribution in [2.75, 3.05) is 0 Å². The Hall–Kier alpha value is -0.720. The summed E-state index contributed by atoms with van der Waals surface area (Å²) in [5, 5.41) is 0. The van der Waals surface area contributed by atoms with Crippen LogP contribution in [0.15, 0.2) is 18.4 Å². The van der Waals surface area contributed by atoms with Crippen molar-refractivity contribution in [1.82, 2.24) is 0 Å². The highest BCUT2D eigenvalue weighted by atomic mass is 16.5. The van der Waals surface area contributed by atoms with Crippen LogP contribution in [0.25, 0.3) is 0 Å². The highest BCUT2D eigenvalue weighted by Crippen LogP contribution is 1.91. The zero-order valence-electron chi connectivity index (χ0n) is 3.14. The van der Waals surface area contributed by atoms with E-state index in [9.17, 15) is 0 Å². The zero-order valence-corrected chi connectivity index (χ0v) is 3.14. The minimum atomic E-state index is 1.44. The standard InChI is InChI=1S/C5H3O/c1-2-4-6-5-3-1/h1-2,5H. The van der Waals surface area contributed by atoms with Crippen molar-refractivity contribution < 1.29 is 4.74 Å². The molecule has 0 unspecified atom stereocenters. The van der Waals surface area contributed by atoms with Gasteiger partial charge in [-0.3, -0.25) is 0 Å². The van der Waals surface area contributed by atoms with Crippen molar-refractivity contribution in [2.45, 2.75) is 0 Å². The summed E-state index contributed by atoms with van der Waals surface area (Å²) in [7, 11) is 0. The third kappa shape index (κ3) is 0.612. The van der Waals surface area contributed by atoms with E-state index in [1.165, 1.54) is 6.26 Å². The van der Waals surface area contributed by atoms with E-state index < -0.39 is 0 Å². The summed E-state index contributed by atoms with van der Waals surface area (Å²) < 4.78 is 4.50. The molecule has 0 aromatic carbocycles. The molecule has 1 aliphatic heterocycles. The van der Waals surface area contributed by atoms with Gasteiger partial charge in [0.15, 0.2) is 0 Å². The first kappa shape index (κ1) is 3.47. The number of hydrogen-bond donors (Lipinski definition) is 0. The molecule has 6 heavy (non-hydrogen) atoms. The predicted octanol–water partition coefficient (Wildman–Crippen LogP) is 0.928. The third-order valence-corrected chi connectivity index (χ3v) is 0.443. The molecule has 0 bridgehead atoms. The maximum atomic E-state index is 4.50. The van der Waals surface area contributed by atoms with E-state index in [2.05, 4.69) is 17.4 Å². The lowest BCUT2D eigenvalue weighted by atomic mass is 10.5. The molecule has 0 aromatic heterocycles. The van der Waals surface area contributed by atoms with E-state index in [4.69, 9.17) is 0 Å². The maximum Gasteiger partial charge on any atom is 0.221 e. The molecule has 0 atom stereocenters. The van der Waals surface area contributed by atoms with Crippen LogP contribution < -0.4 is 0 Å². The van der Waals surface area contributed by atoms with Crippen LogP contribution in [0.5, 0.6) is 0 Å². The van der Waals surface area contributed by atoms with Gasteiger partial charge in [-0.25, -0.2) is 0 Å². The summed E-state index contributed by atoms with van der Waals surface area (Å²) in [6, 6.07) is 0. The molecule has 0 aliphatic carbocycles. The second kappa shape index (κ2) is 1.65. The number of rotatable bonds is 0. The van der Waals surface area contributed by atoms with Gasteiger partial charge in [0.25, 0.3) is 0 Å². The van der Waals surface area contributed by atoms with Crippen molar-refractivity contribution >= 4 is 0 Å². The van der Waals surface area contributed by atoms with Gasteiger partial charge in [0, 0.05) is 6.08 Å². The third-order valence-electron chi connectivity index (χ3n) is 0.443. The Balaban J connectivity index is 2.46. The Morgan fingerprint density at radius 1 is 1.33 bits per heavy atom. The van der Waals surface area contributed by atoms with Crippen LogP contribution in [0.1, 0.15) is 0 Å². The lowest BCUT2D eigenvalue weighted by Gasteiger charge is -1.90. The minimum absolute atomic E-state index is 1.44. The molecule has 0 fully saturated rings. The van der Waals surface area contributed by atoms with Gasteiger partial charge in [-0.1, -0.05) is 6.08 Å². The first-order chi connectivity index (χ1) is 3.00. The van der Waals surface area contributed by atoms with Crippen LogP contribution in [0.3, 0.4) is 0 Å². The first-order valence-corrected chi connectivity index (χ1v) is 1.64. The van der Waals surface area contributed by atoms with Gasteiger partial charge >= 0.3 is 0 Å².